The number of hydrogen-bond acceptors (Lipinski definition) is 8. The van der Waals surface area contributed by atoms with Gasteiger partial charge in [-0.15, -0.1) is 0 Å². The van der Waals surface area contributed by atoms with Gasteiger partial charge in [-0.1, -0.05) is 0 Å². The van der Waals surface area contributed by atoms with Crippen LogP contribution in [0.1, 0.15) is 15.9 Å². The zero-order valence-corrected chi connectivity index (χ0v) is 14.5. The number of amides is 1. The molecule has 0 spiro atoms. The van der Waals surface area contributed by atoms with Crippen LogP contribution >= 0.6 is 0 Å². The number of esters is 1. The lowest BCUT2D eigenvalue weighted by Gasteiger charge is -2.29. The van der Waals surface area contributed by atoms with Crippen molar-refractivity contribution < 1.29 is 14.3 Å². The minimum Gasteiger partial charge on any atom is -0.465 e. The number of benzene rings is 1. The molecule has 9 heteroatoms. The normalized spacial score (nSPS) is 15.8. The topological polar surface area (TPSA) is 136 Å². The number of hydrogen-bond donors (Lipinski definition) is 3. The number of carbonyl (C=O) groups excluding carboxylic acids is 2. The van der Waals surface area contributed by atoms with Gasteiger partial charge in [0.15, 0.2) is 0 Å². The predicted molar refractivity (Wildman–Crippen MR) is 97.7 cm³/mol. The molecule has 0 saturated heterocycles. The highest BCUT2D eigenvalue weighted by atomic mass is 16.5. The fourth-order valence-corrected chi connectivity index (χ4v) is 2.94. The van der Waals surface area contributed by atoms with Crippen molar-refractivity contribution >= 4 is 35.1 Å². The molecule has 1 aliphatic rings. The second kappa shape index (κ2) is 6.87. The van der Waals surface area contributed by atoms with Gasteiger partial charge in [0, 0.05) is 24.8 Å². The van der Waals surface area contributed by atoms with Gasteiger partial charge >= 0.3 is 5.97 Å². The van der Waals surface area contributed by atoms with Crippen molar-refractivity contribution in [3.05, 3.63) is 35.4 Å². The molecule has 0 saturated carbocycles. The lowest BCUT2D eigenvalue weighted by Crippen LogP contribution is -2.39. The molecule has 136 valence electrons. The number of rotatable bonds is 4. The van der Waals surface area contributed by atoms with Gasteiger partial charge in [0.1, 0.15) is 11.6 Å². The summed E-state index contributed by atoms with van der Waals surface area (Å²) in [5.74, 6) is -0.167. The van der Waals surface area contributed by atoms with Crippen LogP contribution < -0.4 is 21.7 Å². The lowest BCUT2D eigenvalue weighted by molar-refractivity contribution is -0.119. The highest BCUT2D eigenvalue weighted by molar-refractivity contribution is 5.96. The van der Waals surface area contributed by atoms with Crippen molar-refractivity contribution in [2.75, 3.05) is 42.4 Å². The monoisotopic (exact) mass is 356 g/mol. The zero-order valence-electron chi connectivity index (χ0n) is 14.5. The zero-order chi connectivity index (χ0) is 18.8. The Morgan fingerprint density at radius 2 is 2.00 bits per heavy atom. The van der Waals surface area contributed by atoms with Crippen LogP contribution in [0.4, 0.5) is 23.3 Å². The van der Waals surface area contributed by atoms with E-state index in [-0.39, 0.29) is 23.6 Å². The maximum Gasteiger partial charge on any atom is 0.337 e. The number of nitrogens with zero attached hydrogens (tertiary/aromatic N) is 3. The van der Waals surface area contributed by atoms with E-state index in [0.29, 0.717) is 29.9 Å². The van der Waals surface area contributed by atoms with Crippen LogP contribution in [0.2, 0.25) is 0 Å². The summed E-state index contributed by atoms with van der Waals surface area (Å²) in [6, 6.07) is 6.98. The van der Waals surface area contributed by atoms with Gasteiger partial charge in [0.25, 0.3) is 0 Å². The van der Waals surface area contributed by atoms with E-state index in [0.717, 1.165) is 5.69 Å². The maximum atomic E-state index is 12.4. The van der Waals surface area contributed by atoms with Gasteiger partial charge in [0.05, 0.1) is 18.6 Å². The molecule has 1 aliphatic heterocycles. The molecule has 0 radical (unpaired) electrons. The van der Waals surface area contributed by atoms with Gasteiger partial charge in [-0.2, -0.15) is 9.97 Å². The Bertz CT molecular complexity index is 852. The number of aromatic nitrogens is 2. The highest BCUT2D eigenvalue weighted by Gasteiger charge is 2.30. The Hall–Kier alpha value is -3.36. The van der Waals surface area contributed by atoms with Gasteiger partial charge < -0.3 is 26.4 Å². The van der Waals surface area contributed by atoms with Crippen molar-refractivity contribution in [2.45, 2.75) is 6.42 Å². The number of ether oxygens (including phenoxy) is 1. The Morgan fingerprint density at radius 3 is 2.65 bits per heavy atom. The third-order valence-electron chi connectivity index (χ3n) is 4.34. The Labute approximate surface area is 150 Å². The van der Waals surface area contributed by atoms with E-state index in [4.69, 9.17) is 11.5 Å². The molecule has 1 aromatic heterocycles. The molecular formula is C17H20N6O3. The summed E-state index contributed by atoms with van der Waals surface area (Å²) in [7, 11) is 3.21. The van der Waals surface area contributed by atoms with Gasteiger partial charge in [-0.05, 0) is 30.7 Å². The maximum absolute atomic E-state index is 12.4. The number of nitrogens with two attached hydrogens (primary N) is 2. The first-order valence-corrected chi connectivity index (χ1v) is 8.01. The Kier molecular flexibility index (Phi) is 4.61. The lowest BCUT2D eigenvalue weighted by atomic mass is 9.94. The standard InChI is InChI=1S/C17H20N6O3/c1-23(11-5-3-9(4-6-11)16(25)26-2)8-10-7-12-13(18)20-17(19)22-14(12)21-15(10)24/h3-6,10H,7-8H2,1-2H3,(H5,18,19,20,21,22,24). The molecule has 1 atom stereocenters. The van der Waals surface area contributed by atoms with Crippen LogP contribution in [0.15, 0.2) is 24.3 Å². The first-order valence-electron chi connectivity index (χ1n) is 8.01. The largest absolute Gasteiger partial charge is 0.465 e. The molecule has 3 rings (SSSR count). The molecule has 5 N–H and O–H groups in total. The van der Waals surface area contributed by atoms with E-state index in [9.17, 15) is 9.59 Å². The molecule has 0 fully saturated rings. The number of methoxy groups -OCH3 is 1. The molecule has 2 heterocycles. The molecule has 0 aliphatic carbocycles. The summed E-state index contributed by atoms with van der Waals surface area (Å²) in [6.07, 6.45) is 0.428. The summed E-state index contributed by atoms with van der Waals surface area (Å²) in [6.45, 7) is 0.465. The van der Waals surface area contributed by atoms with Crippen LogP contribution in [0.5, 0.6) is 0 Å². The summed E-state index contributed by atoms with van der Waals surface area (Å²) < 4.78 is 4.69. The third-order valence-corrected chi connectivity index (χ3v) is 4.34. The number of nitrogens with one attached hydrogen (secondary N) is 1. The third kappa shape index (κ3) is 3.37. The van der Waals surface area contributed by atoms with Crippen molar-refractivity contribution in [3.63, 3.8) is 0 Å². The van der Waals surface area contributed by atoms with Crippen molar-refractivity contribution in [1.29, 1.82) is 0 Å². The number of carbonyl (C=O) groups is 2. The van der Waals surface area contributed by atoms with E-state index in [2.05, 4.69) is 20.0 Å². The van der Waals surface area contributed by atoms with Gasteiger partial charge in [0.2, 0.25) is 11.9 Å². The molecule has 0 bridgehead atoms. The minimum atomic E-state index is -0.391. The van der Waals surface area contributed by atoms with E-state index in [1.54, 1.807) is 24.3 Å². The fourth-order valence-electron chi connectivity index (χ4n) is 2.94. The number of anilines is 4. The van der Waals surface area contributed by atoms with Crippen LogP contribution in [0, 0.1) is 5.92 Å². The molecule has 2 aromatic rings. The summed E-state index contributed by atoms with van der Waals surface area (Å²) in [5, 5.41) is 2.74. The highest BCUT2D eigenvalue weighted by Crippen LogP contribution is 2.29. The number of fused-ring (bicyclic) bond motifs is 1. The van der Waals surface area contributed by atoms with E-state index in [1.165, 1.54) is 7.11 Å². The van der Waals surface area contributed by atoms with Gasteiger partial charge in [-0.3, -0.25) is 4.79 Å². The second-order valence-corrected chi connectivity index (χ2v) is 6.10. The van der Waals surface area contributed by atoms with E-state index >= 15 is 0 Å². The Balaban J connectivity index is 1.74. The van der Waals surface area contributed by atoms with Crippen LogP contribution in [0.3, 0.4) is 0 Å². The van der Waals surface area contributed by atoms with Crippen LogP contribution in [0.25, 0.3) is 0 Å². The minimum absolute atomic E-state index is 0.0304. The summed E-state index contributed by atoms with van der Waals surface area (Å²) in [5.41, 5.74) is 13.5. The molecule has 1 amide bonds. The molecular weight excluding hydrogens is 336 g/mol. The number of nitrogen functional groups attached to an aromatic ring is 2. The summed E-state index contributed by atoms with van der Waals surface area (Å²) in [4.78, 5) is 33.8. The predicted octanol–water partition coefficient (Wildman–Crippen LogP) is 0.675. The van der Waals surface area contributed by atoms with Crippen molar-refractivity contribution in [1.82, 2.24) is 9.97 Å². The summed E-state index contributed by atoms with van der Waals surface area (Å²) >= 11 is 0. The first kappa shape index (κ1) is 17.5. The molecule has 1 aromatic carbocycles. The fraction of sp³-hybridized carbons (Fsp3) is 0.294. The van der Waals surface area contributed by atoms with Crippen LogP contribution in [-0.4, -0.2) is 42.5 Å². The van der Waals surface area contributed by atoms with Crippen LogP contribution in [-0.2, 0) is 16.0 Å². The molecule has 26 heavy (non-hydrogen) atoms. The van der Waals surface area contributed by atoms with E-state index < -0.39 is 5.97 Å². The Morgan fingerprint density at radius 1 is 1.31 bits per heavy atom. The second-order valence-electron chi connectivity index (χ2n) is 6.10. The first-order chi connectivity index (χ1) is 12.4. The SMILES string of the molecule is COC(=O)c1ccc(N(C)CC2Cc3c(N)nc(N)nc3NC2=O)cc1. The van der Waals surface area contributed by atoms with Gasteiger partial charge in [-0.25, -0.2) is 4.79 Å². The quantitative estimate of drug-likeness (QED) is 0.680. The average Bonchev–Trinajstić information content (AvgIpc) is 2.62. The van der Waals surface area contributed by atoms with Crippen molar-refractivity contribution in [2.24, 2.45) is 5.92 Å². The molecule has 1 unspecified atom stereocenters. The van der Waals surface area contributed by atoms with Crippen molar-refractivity contribution in [3.8, 4) is 0 Å². The average molecular weight is 356 g/mol. The van der Waals surface area contributed by atoms with E-state index in [1.807, 2.05) is 11.9 Å². The smallest absolute Gasteiger partial charge is 0.337 e. The molecule has 9 nitrogen and oxygen atoms in total.